The van der Waals surface area contributed by atoms with E-state index < -0.39 is 0 Å². The van der Waals surface area contributed by atoms with E-state index in [0.29, 0.717) is 10.3 Å². The van der Waals surface area contributed by atoms with Crippen LogP contribution in [0.15, 0.2) is 41.7 Å². The maximum absolute atomic E-state index is 13.1. The van der Waals surface area contributed by atoms with Gasteiger partial charge in [-0.05, 0) is 18.9 Å². The van der Waals surface area contributed by atoms with Crippen molar-refractivity contribution in [1.29, 1.82) is 0 Å². The first kappa shape index (κ1) is 16.0. The minimum absolute atomic E-state index is 0. The first-order chi connectivity index (χ1) is 10.6. The number of carbonyl (C=O) groups excluding carboxylic acids is 1. The van der Waals surface area contributed by atoms with Crippen molar-refractivity contribution in [2.24, 2.45) is 18.0 Å². The number of carbonyl (C=O) groups is 1. The van der Waals surface area contributed by atoms with Crippen LogP contribution in [0.4, 0.5) is 0 Å². The van der Waals surface area contributed by atoms with Crippen LogP contribution < -0.4 is 12.4 Å². The lowest BCUT2D eigenvalue weighted by atomic mass is 9.84. The molecule has 120 valence electrons. The molecule has 0 fully saturated rings. The molecule has 0 bridgehead atoms. The SMILES string of the molecule is Cn1c2c(c3ccccc31)C(=O)C(C[N+]1(C)C=CN=C1)CC2.[Cl-]. The predicted molar refractivity (Wildman–Crippen MR) is 87.7 cm³/mol. The average molecular weight is 330 g/mol. The Morgan fingerprint density at radius 1 is 1.35 bits per heavy atom. The average Bonchev–Trinajstić information content (AvgIpc) is 3.06. The molecule has 2 atom stereocenters. The number of aryl methyl sites for hydroxylation is 1. The van der Waals surface area contributed by atoms with Gasteiger partial charge in [0.25, 0.3) is 0 Å². The molecular formula is C18H20ClN3O. The smallest absolute Gasteiger partial charge is 0.194 e. The molecule has 0 amide bonds. The van der Waals surface area contributed by atoms with Crippen molar-refractivity contribution in [3.05, 3.63) is 47.9 Å². The summed E-state index contributed by atoms with van der Waals surface area (Å²) < 4.78 is 2.81. The van der Waals surface area contributed by atoms with E-state index in [9.17, 15) is 4.79 Å². The lowest BCUT2D eigenvalue weighted by Crippen LogP contribution is -3.00. The van der Waals surface area contributed by atoms with Gasteiger partial charge in [-0.3, -0.25) is 9.28 Å². The topological polar surface area (TPSA) is 34.4 Å². The molecule has 5 heteroatoms. The molecule has 4 rings (SSSR count). The number of fused-ring (bicyclic) bond motifs is 3. The van der Waals surface area contributed by atoms with E-state index in [-0.39, 0.29) is 18.3 Å². The second-order valence-electron chi connectivity index (χ2n) is 6.59. The lowest BCUT2D eigenvalue weighted by molar-refractivity contribution is -0.759. The Morgan fingerprint density at radius 2 is 2.13 bits per heavy atom. The van der Waals surface area contributed by atoms with Gasteiger partial charge in [0.2, 0.25) is 0 Å². The third-order valence-corrected chi connectivity index (χ3v) is 5.01. The number of nitrogens with zero attached hydrogens (tertiary/aromatic N) is 3. The summed E-state index contributed by atoms with van der Waals surface area (Å²) in [6.07, 6.45) is 7.66. The van der Waals surface area contributed by atoms with Crippen molar-refractivity contribution >= 4 is 23.0 Å². The van der Waals surface area contributed by atoms with E-state index in [1.807, 2.05) is 30.9 Å². The van der Waals surface area contributed by atoms with Gasteiger partial charge in [-0.1, -0.05) is 18.2 Å². The number of halogens is 1. The van der Waals surface area contributed by atoms with Gasteiger partial charge >= 0.3 is 0 Å². The molecule has 1 aliphatic heterocycles. The van der Waals surface area contributed by atoms with Crippen molar-refractivity contribution in [3.63, 3.8) is 0 Å². The summed E-state index contributed by atoms with van der Waals surface area (Å²) in [5, 5.41) is 1.10. The van der Waals surface area contributed by atoms with Gasteiger partial charge in [-0.25, -0.2) is 4.99 Å². The van der Waals surface area contributed by atoms with Crippen LogP contribution >= 0.6 is 0 Å². The van der Waals surface area contributed by atoms with Gasteiger partial charge in [0.05, 0.1) is 25.7 Å². The molecule has 2 unspecified atom stereocenters. The van der Waals surface area contributed by atoms with E-state index >= 15 is 0 Å². The summed E-state index contributed by atoms with van der Waals surface area (Å²) in [5.74, 6) is 0.364. The van der Waals surface area contributed by atoms with Crippen molar-refractivity contribution in [2.75, 3.05) is 13.6 Å². The van der Waals surface area contributed by atoms with Crippen molar-refractivity contribution < 1.29 is 21.7 Å². The summed E-state index contributed by atoms with van der Waals surface area (Å²) >= 11 is 0. The minimum atomic E-state index is 0. The predicted octanol–water partition coefficient (Wildman–Crippen LogP) is -0.113. The maximum Gasteiger partial charge on any atom is 0.194 e. The first-order valence-electron chi connectivity index (χ1n) is 7.76. The van der Waals surface area contributed by atoms with Gasteiger partial charge in [-0.15, -0.1) is 0 Å². The molecule has 0 saturated carbocycles. The van der Waals surface area contributed by atoms with Crippen molar-refractivity contribution in [1.82, 2.24) is 4.57 Å². The van der Waals surface area contributed by atoms with Gasteiger partial charge in [-0.2, -0.15) is 0 Å². The highest BCUT2D eigenvalue weighted by atomic mass is 35.5. The van der Waals surface area contributed by atoms with Crippen LogP contribution in [0.25, 0.3) is 10.9 Å². The Morgan fingerprint density at radius 3 is 2.87 bits per heavy atom. The number of benzene rings is 1. The van der Waals surface area contributed by atoms with Gasteiger partial charge in [0.1, 0.15) is 6.20 Å². The fraction of sp³-hybridized carbons (Fsp3) is 0.333. The number of para-hydroxylation sites is 1. The Kier molecular flexibility index (Phi) is 3.90. The lowest BCUT2D eigenvalue weighted by Gasteiger charge is -2.29. The van der Waals surface area contributed by atoms with E-state index in [4.69, 9.17) is 0 Å². The minimum Gasteiger partial charge on any atom is -1.00 e. The fourth-order valence-corrected chi connectivity index (χ4v) is 3.84. The Labute approximate surface area is 142 Å². The molecule has 2 heterocycles. The van der Waals surface area contributed by atoms with E-state index in [1.54, 1.807) is 0 Å². The fourth-order valence-electron chi connectivity index (χ4n) is 3.84. The van der Waals surface area contributed by atoms with E-state index in [0.717, 1.165) is 35.9 Å². The molecule has 0 saturated heterocycles. The molecule has 23 heavy (non-hydrogen) atoms. The zero-order valence-electron chi connectivity index (χ0n) is 13.4. The molecule has 2 aromatic rings. The van der Waals surface area contributed by atoms with E-state index in [1.165, 1.54) is 5.69 Å². The highest BCUT2D eigenvalue weighted by molar-refractivity contribution is 6.11. The number of quaternary nitrogens is 1. The number of Topliss-reactive ketones (excluding diaryl/α,β-unsaturated/α-hetero) is 1. The van der Waals surface area contributed by atoms with E-state index in [2.05, 4.69) is 35.8 Å². The number of ketones is 1. The molecule has 1 aliphatic carbocycles. The van der Waals surface area contributed by atoms with Gasteiger partial charge in [0.15, 0.2) is 12.1 Å². The molecule has 2 aliphatic rings. The highest BCUT2D eigenvalue weighted by Crippen LogP contribution is 2.34. The Balaban J connectivity index is 0.00000156. The quantitative estimate of drug-likeness (QED) is 0.708. The van der Waals surface area contributed by atoms with Gasteiger partial charge < -0.3 is 17.0 Å². The number of aromatic nitrogens is 1. The summed E-state index contributed by atoms with van der Waals surface area (Å²) in [5.41, 5.74) is 3.29. The summed E-state index contributed by atoms with van der Waals surface area (Å²) in [4.78, 5) is 17.3. The molecule has 0 radical (unpaired) electrons. The standard InChI is InChI=1S/C18H20N3O.ClH/c1-20-15-6-4-3-5-14(15)17-16(20)8-7-13(18(17)22)11-21(2)10-9-19-12-21;/h3-6,9-10,12-13H,7-8,11H2,1-2H3;1H/q+1;/p-1. The highest BCUT2D eigenvalue weighted by Gasteiger charge is 2.36. The number of hydrogen-bond acceptors (Lipinski definition) is 2. The zero-order chi connectivity index (χ0) is 15.3. The molecule has 0 N–H and O–H groups in total. The normalized spacial score (nSPS) is 25.7. The largest absolute Gasteiger partial charge is 1.00 e. The molecule has 1 aromatic carbocycles. The number of aliphatic imine (C=N–C) groups is 1. The Hall–Kier alpha value is -1.91. The molecular weight excluding hydrogens is 310 g/mol. The first-order valence-corrected chi connectivity index (χ1v) is 7.76. The summed E-state index contributed by atoms with van der Waals surface area (Å²) in [6.45, 7) is 0.793. The molecule has 1 aromatic heterocycles. The van der Waals surface area contributed by atoms with Crippen LogP contribution in [-0.2, 0) is 13.5 Å². The number of hydrogen-bond donors (Lipinski definition) is 0. The van der Waals surface area contributed by atoms with Gasteiger partial charge in [0, 0.05) is 29.2 Å². The maximum atomic E-state index is 13.1. The molecule has 4 nitrogen and oxygen atoms in total. The summed E-state index contributed by atoms with van der Waals surface area (Å²) in [7, 11) is 4.16. The number of rotatable bonds is 2. The van der Waals surface area contributed by atoms with Crippen LogP contribution in [0.3, 0.4) is 0 Å². The second kappa shape index (κ2) is 5.62. The summed E-state index contributed by atoms with van der Waals surface area (Å²) in [6, 6.07) is 8.22. The van der Waals surface area contributed by atoms with Crippen LogP contribution in [0, 0.1) is 5.92 Å². The van der Waals surface area contributed by atoms with Crippen molar-refractivity contribution in [3.8, 4) is 0 Å². The van der Waals surface area contributed by atoms with Crippen LogP contribution in [0.2, 0.25) is 0 Å². The Bertz CT molecular complexity index is 822. The second-order valence-corrected chi connectivity index (χ2v) is 6.59. The van der Waals surface area contributed by atoms with Crippen molar-refractivity contribution in [2.45, 2.75) is 12.8 Å². The molecule has 0 spiro atoms. The monoisotopic (exact) mass is 329 g/mol. The third kappa shape index (κ3) is 2.42. The van der Waals surface area contributed by atoms with Crippen LogP contribution in [-0.4, -0.2) is 34.8 Å². The third-order valence-electron chi connectivity index (χ3n) is 5.01. The van der Waals surface area contributed by atoms with Crippen LogP contribution in [0.1, 0.15) is 22.5 Å². The van der Waals surface area contributed by atoms with Crippen LogP contribution in [0.5, 0.6) is 0 Å². The zero-order valence-corrected chi connectivity index (χ0v) is 14.1.